The van der Waals surface area contributed by atoms with E-state index >= 15 is 0 Å². The number of hydrogen-bond acceptors (Lipinski definition) is 4. The minimum atomic E-state index is -0.583. The maximum Gasteiger partial charge on any atom is 0.231 e. The van der Waals surface area contributed by atoms with Gasteiger partial charge in [0.15, 0.2) is 0 Å². The number of benzene rings is 1. The number of rotatable bonds is 6. The van der Waals surface area contributed by atoms with Crippen molar-refractivity contribution in [3.05, 3.63) is 42.2 Å². The summed E-state index contributed by atoms with van der Waals surface area (Å²) in [6, 6.07) is 9.44. The second kappa shape index (κ2) is 6.49. The summed E-state index contributed by atoms with van der Waals surface area (Å²) in [6.45, 7) is 4.93. The average molecular weight is 287 g/mol. The van der Waals surface area contributed by atoms with Crippen LogP contribution in [0.3, 0.4) is 0 Å². The average Bonchev–Trinajstić information content (AvgIpc) is 2.87. The molecule has 0 saturated carbocycles. The van der Waals surface area contributed by atoms with E-state index in [1.54, 1.807) is 4.68 Å². The van der Waals surface area contributed by atoms with Crippen LogP contribution in [0.4, 0.5) is 5.69 Å². The van der Waals surface area contributed by atoms with E-state index in [9.17, 15) is 4.79 Å². The Bertz CT molecular complexity index is 591. The number of carbonyl (C=O) groups is 1. The van der Waals surface area contributed by atoms with Gasteiger partial charge in [0.2, 0.25) is 5.91 Å². The number of nitrogens with zero attached hydrogens (tertiary/aromatic N) is 3. The zero-order valence-electron chi connectivity index (χ0n) is 12.6. The molecule has 2 N–H and O–H groups in total. The van der Waals surface area contributed by atoms with E-state index in [0.717, 1.165) is 11.4 Å². The molecule has 0 unspecified atom stereocenters. The fourth-order valence-corrected chi connectivity index (χ4v) is 1.98. The van der Waals surface area contributed by atoms with Gasteiger partial charge in [-0.2, -0.15) is 0 Å². The highest BCUT2D eigenvalue weighted by Gasteiger charge is 2.28. The molecule has 2 aromatic rings. The first-order chi connectivity index (χ1) is 10.0. The van der Waals surface area contributed by atoms with E-state index in [-0.39, 0.29) is 5.91 Å². The van der Waals surface area contributed by atoms with Gasteiger partial charge in [0.05, 0.1) is 17.7 Å². The number of carbonyl (C=O) groups excluding carboxylic acids is 1. The number of nitrogens with one attached hydrogen (secondary N) is 2. The third-order valence-electron chi connectivity index (χ3n) is 3.15. The summed E-state index contributed by atoms with van der Waals surface area (Å²) < 4.78 is 1.71. The van der Waals surface area contributed by atoms with Gasteiger partial charge in [0, 0.05) is 18.4 Å². The second-order valence-corrected chi connectivity index (χ2v) is 5.64. The van der Waals surface area contributed by atoms with Crippen LogP contribution in [0.2, 0.25) is 0 Å². The largest absolute Gasteiger partial charge is 0.326 e. The maximum atomic E-state index is 12.4. The van der Waals surface area contributed by atoms with Gasteiger partial charge in [-0.3, -0.25) is 9.48 Å². The minimum Gasteiger partial charge on any atom is -0.326 e. The van der Waals surface area contributed by atoms with E-state index in [4.69, 9.17) is 0 Å². The van der Waals surface area contributed by atoms with Gasteiger partial charge in [-0.05, 0) is 33.0 Å². The molecule has 0 aliphatic heterocycles. The lowest BCUT2D eigenvalue weighted by Gasteiger charge is -2.23. The first-order valence-electron chi connectivity index (χ1n) is 6.91. The fraction of sp³-hybridized carbons (Fsp3) is 0.400. The van der Waals surface area contributed by atoms with Gasteiger partial charge >= 0.3 is 0 Å². The molecule has 1 aromatic carbocycles. The highest BCUT2D eigenvalue weighted by molar-refractivity contribution is 5.94. The lowest BCUT2D eigenvalue weighted by Crippen LogP contribution is -2.34. The predicted octanol–water partition coefficient (Wildman–Crippen LogP) is 1.66. The molecule has 0 aliphatic carbocycles. The molecule has 0 atom stereocenters. The van der Waals surface area contributed by atoms with E-state index in [0.29, 0.717) is 13.1 Å². The summed E-state index contributed by atoms with van der Waals surface area (Å²) >= 11 is 0. The van der Waals surface area contributed by atoms with Crippen LogP contribution in [0.1, 0.15) is 19.5 Å². The van der Waals surface area contributed by atoms with Gasteiger partial charge in [-0.25, -0.2) is 0 Å². The molecule has 0 aliphatic rings. The molecule has 0 bridgehead atoms. The fourth-order valence-electron chi connectivity index (χ4n) is 1.98. The topological polar surface area (TPSA) is 71.8 Å². The van der Waals surface area contributed by atoms with Crippen LogP contribution < -0.4 is 10.6 Å². The Morgan fingerprint density at radius 3 is 2.67 bits per heavy atom. The maximum absolute atomic E-state index is 12.4. The lowest BCUT2D eigenvalue weighted by atomic mass is 9.92. The molecule has 0 spiro atoms. The number of hydrogen-bond donors (Lipinski definition) is 2. The molecule has 0 saturated heterocycles. The summed E-state index contributed by atoms with van der Waals surface area (Å²) in [5, 5.41) is 14.1. The Labute approximate surface area is 124 Å². The number of aromatic nitrogens is 3. The van der Waals surface area contributed by atoms with Crippen molar-refractivity contribution in [2.75, 3.05) is 12.4 Å². The van der Waals surface area contributed by atoms with Gasteiger partial charge in [-0.15, -0.1) is 5.10 Å². The predicted molar refractivity (Wildman–Crippen MR) is 81.6 cm³/mol. The molecule has 1 heterocycles. The number of amides is 1. The monoisotopic (exact) mass is 287 g/mol. The molecule has 6 heteroatoms. The zero-order chi connectivity index (χ0) is 15.3. The highest BCUT2D eigenvalue weighted by atomic mass is 16.2. The van der Waals surface area contributed by atoms with Crippen LogP contribution in [0, 0.1) is 5.41 Å². The SMILES string of the molecule is CNCc1cn(CC(C)(C)C(=O)Nc2ccccc2)nn1. The van der Waals surface area contributed by atoms with Crippen molar-refractivity contribution < 1.29 is 4.79 Å². The molecule has 112 valence electrons. The molecule has 2 rings (SSSR count). The molecular formula is C15H21N5O. The first kappa shape index (κ1) is 15.2. The summed E-state index contributed by atoms with van der Waals surface area (Å²) in [5.41, 5.74) is 1.07. The Morgan fingerprint density at radius 2 is 2.00 bits per heavy atom. The molecule has 6 nitrogen and oxygen atoms in total. The Morgan fingerprint density at radius 1 is 1.29 bits per heavy atom. The first-order valence-corrected chi connectivity index (χ1v) is 6.91. The van der Waals surface area contributed by atoms with Gasteiger partial charge < -0.3 is 10.6 Å². The second-order valence-electron chi connectivity index (χ2n) is 5.64. The molecule has 1 aromatic heterocycles. The number of anilines is 1. The Balaban J connectivity index is 2.01. The van der Waals surface area contributed by atoms with Gasteiger partial charge in [-0.1, -0.05) is 23.4 Å². The van der Waals surface area contributed by atoms with Crippen molar-refractivity contribution in [2.45, 2.75) is 26.9 Å². The molecule has 21 heavy (non-hydrogen) atoms. The summed E-state index contributed by atoms with van der Waals surface area (Å²) in [4.78, 5) is 12.4. The summed E-state index contributed by atoms with van der Waals surface area (Å²) in [6.07, 6.45) is 1.86. The smallest absolute Gasteiger partial charge is 0.231 e. The lowest BCUT2D eigenvalue weighted by molar-refractivity contribution is -0.124. The van der Waals surface area contributed by atoms with Gasteiger partial charge in [0.25, 0.3) is 0 Å². The van der Waals surface area contributed by atoms with Gasteiger partial charge in [0.1, 0.15) is 0 Å². The minimum absolute atomic E-state index is 0.0423. The van der Waals surface area contributed by atoms with E-state index in [2.05, 4.69) is 20.9 Å². The Kier molecular flexibility index (Phi) is 4.70. The Hall–Kier alpha value is -2.21. The van der Waals surface area contributed by atoms with E-state index < -0.39 is 5.41 Å². The van der Waals surface area contributed by atoms with Crippen molar-refractivity contribution in [1.29, 1.82) is 0 Å². The van der Waals surface area contributed by atoms with Crippen LogP contribution in [-0.4, -0.2) is 27.9 Å². The quantitative estimate of drug-likeness (QED) is 0.847. The van der Waals surface area contributed by atoms with Crippen LogP contribution in [0.25, 0.3) is 0 Å². The molecule has 1 amide bonds. The van der Waals surface area contributed by atoms with E-state index in [1.165, 1.54) is 0 Å². The van der Waals surface area contributed by atoms with Crippen molar-refractivity contribution in [3.8, 4) is 0 Å². The zero-order valence-corrected chi connectivity index (χ0v) is 12.6. The van der Waals surface area contributed by atoms with E-state index in [1.807, 2.05) is 57.4 Å². The summed E-state index contributed by atoms with van der Waals surface area (Å²) in [5.74, 6) is -0.0423. The molecular weight excluding hydrogens is 266 g/mol. The van der Waals surface area contributed by atoms with Crippen molar-refractivity contribution in [3.63, 3.8) is 0 Å². The highest BCUT2D eigenvalue weighted by Crippen LogP contribution is 2.20. The van der Waals surface area contributed by atoms with Crippen LogP contribution in [-0.2, 0) is 17.9 Å². The standard InChI is InChI=1S/C15H21N5O/c1-15(2,11-20-10-13(9-16-3)18-19-20)14(21)17-12-7-5-4-6-8-12/h4-8,10,16H,9,11H2,1-3H3,(H,17,21). The number of para-hydroxylation sites is 1. The van der Waals surface area contributed by atoms with Crippen LogP contribution >= 0.6 is 0 Å². The van der Waals surface area contributed by atoms with Crippen molar-refractivity contribution in [1.82, 2.24) is 20.3 Å². The third kappa shape index (κ3) is 4.13. The third-order valence-corrected chi connectivity index (χ3v) is 3.15. The molecule has 0 radical (unpaired) electrons. The van der Waals surface area contributed by atoms with Crippen molar-refractivity contribution in [2.24, 2.45) is 5.41 Å². The normalized spacial score (nSPS) is 11.4. The van der Waals surface area contributed by atoms with Crippen LogP contribution in [0.15, 0.2) is 36.5 Å². The van der Waals surface area contributed by atoms with Crippen molar-refractivity contribution >= 4 is 11.6 Å². The molecule has 0 fully saturated rings. The summed E-state index contributed by atoms with van der Waals surface area (Å²) in [7, 11) is 1.86. The van der Waals surface area contributed by atoms with Crippen LogP contribution in [0.5, 0.6) is 0 Å².